The van der Waals surface area contributed by atoms with E-state index in [1.807, 2.05) is 28.0 Å². The average Bonchev–Trinajstić information content (AvgIpc) is 2.92. The Kier molecular flexibility index (Phi) is 4.90. The van der Waals surface area contributed by atoms with Gasteiger partial charge in [-0.15, -0.1) is 0 Å². The number of halogens is 1. The highest BCUT2D eigenvalue weighted by atomic mass is 35.5. The Bertz CT molecular complexity index is 736. The van der Waals surface area contributed by atoms with E-state index < -0.39 is 4.92 Å². The molecule has 0 unspecified atom stereocenters. The summed E-state index contributed by atoms with van der Waals surface area (Å²) >= 11 is 5.80. The molecule has 0 bridgehead atoms. The standard InChI is InChI=1S/C16H16ClN5O2/c17-15-4-3-14(9-19-15)11-21-7-6-20(16(21)12-22(23)24)10-13-2-1-5-18-8-13/h1-5,8-9,12H,6-7,10-11H2. The van der Waals surface area contributed by atoms with Gasteiger partial charge in [0.05, 0.1) is 4.92 Å². The van der Waals surface area contributed by atoms with Crippen molar-refractivity contribution in [3.05, 3.63) is 81.3 Å². The smallest absolute Gasteiger partial charge is 0.274 e. The molecule has 2 aromatic rings. The van der Waals surface area contributed by atoms with Gasteiger partial charge in [-0.25, -0.2) is 4.98 Å². The van der Waals surface area contributed by atoms with Gasteiger partial charge in [-0.2, -0.15) is 0 Å². The summed E-state index contributed by atoms with van der Waals surface area (Å²) in [6.07, 6.45) is 6.24. The van der Waals surface area contributed by atoms with Crippen LogP contribution in [0.2, 0.25) is 5.15 Å². The van der Waals surface area contributed by atoms with Crippen LogP contribution >= 0.6 is 11.6 Å². The lowest BCUT2D eigenvalue weighted by Gasteiger charge is -2.22. The molecule has 0 saturated carbocycles. The number of nitro groups is 1. The van der Waals surface area contributed by atoms with Crippen LogP contribution in [0.4, 0.5) is 0 Å². The van der Waals surface area contributed by atoms with Crippen LogP contribution in [-0.2, 0) is 13.1 Å². The first-order chi connectivity index (χ1) is 11.6. The number of hydrogen-bond donors (Lipinski definition) is 0. The second-order valence-electron chi connectivity index (χ2n) is 5.47. The van der Waals surface area contributed by atoms with E-state index >= 15 is 0 Å². The second-order valence-corrected chi connectivity index (χ2v) is 5.85. The summed E-state index contributed by atoms with van der Waals surface area (Å²) in [4.78, 5) is 22.7. The first kappa shape index (κ1) is 16.2. The van der Waals surface area contributed by atoms with Crippen molar-refractivity contribution in [2.24, 2.45) is 0 Å². The van der Waals surface area contributed by atoms with Gasteiger partial charge in [0.2, 0.25) is 0 Å². The predicted octanol–water partition coefficient (Wildman–Crippen LogP) is 2.52. The van der Waals surface area contributed by atoms with E-state index in [9.17, 15) is 10.1 Å². The van der Waals surface area contributed by atoms with Crippen molar-refractivity contribution in [2.75, 3.05) is 13.1 Å². The molecule has 1 saturated heterocycles. The van der Waals surface area contributed by atoms with E-state index in [2.05, 4.69) is 9.97 Å². The molecule has 0 aromatic carbocycles. The van der Waals surface area contributed by atoms with E-state index in [4.69, 9.17) is 11.6 Å². The van der Waals surface area contributed by atoms with E-state index in [0.717, 1.165) is 23.9 Å². The fraction of sp³-hybridized carbons (Fsp3) is 0.250. The first-order valence-corrected chi connectivity index (χ1v) is 7.84. The normalized spacial score (nSPS) is 16.0. The van der Waals surface area contributed by atoms with Crippen LogP contribution in [0.1, 0.15) is 11.1 Å². The van der Waals surface area contributed by atoms with Gasteiger partial charge >= 0.3 is 0 Å². The Hall–Kier alpha value is -2.67. The van der Waals surface area contributed by atoms with Crippen LogP contribution in [0.3, 0.4) is 0 Å². The van der Waals surface area contributed by atoms with E-state index in [1.165, 1.54) is 0 Å². The van der Waals surface area contributed by atoms with Gasteiger partial charge in [0.1, 0.15) is 5.15 Å². The summed E-state index contributed by atoms with van der Waals surface area (Å²) in [5.41, 5.74) is 1.97. The Labute approximate surface area is 144 Å². The van der Waals surface area contributed by atoms with Gasteiger partial charge in [0.15, 0.2) is 5.82 Å². The molecule has 0 aliphatic carbocycles. The molecule has 2 aromatic heterocycles. The minimum absolute atomic E-state index is 0.413. The van der Waals surface area contributed by atoms with Gasteiger partial charge in [-0.3, -0.25) is 15.1 Å². The number of pyridine rings is 2. The highest BCUT2D eigenvalue weighted by Crippen LogP contribution is 2.23. The topological polar surface area (TPSA) is 75.4 Å². The number of rotatable bonds is 5. The third-order valence-corrected chi connectivity index (χ3v) is 3.99. The number of aromatic nitrogens is 2. The SMILES string of the molecule is O=[N+]([O-])C=C1N(Cc2cccnc2)CCN1Cc1ccc(Cl)nc1. The highest BCUT2D eigenvalue weighted by molar-refractivity contribution is 6.29. The molecule has 0 atom stereocenters. The van der Waals surface area contributed by atoms with Gasteiger partial charge in [0.25, 0.3) is 6.20 Å². The molecule has 0 N–H and O–H groups in total. The molecule has 0 radical (unpaired) electrons. The summed E-state index contributed by atoms with van der Waals surface area (Å²) in [5.74, 6) is 0.596. The molecule has 1 fully saturated rings. The molecule has 0 amide bonds. The Morgan fingerprint density at radius 1 is 1.17 bits per heavy atom. The van der Waals surface area contributed by atoms with Crippen molar-refractivity contribution in [1.82, 2.24) is 19.8 Å². The van der Waals surface area contributed by atoms with Gasteiger partial charge in [0, 0.05) is 44.8 Å². The highest BCUT2D eigenvalue weighted by Gasteiger charge is 2.27. The van der Waals surface area contributed by atoms with Crippen molar-refractivity contribution in [3.8, 4) is 0 Å². The third-order valence-electron chi connectivity index (χ3n) is 3.77. The van der Waals surface area contributed by atoms with Crippen LogP contribution in [0, 0.1) is 10.1 Å². The maximum Gasteiger partial charge on any atom is 0.274 e. The summed E-state index contributed by atoms with van der Waals surface area (Å²) in [6, 6.07) is 7.42. The summed E-state index contributed by atoms with van der Waals surface area (Å²) in [7, 11) is 0. The number of hydrogen-bond acceptors (Lipinski definition) is 6. The summed E-state index contributed by atoms with van der Waals surface area (Å²) < 4.78 is 0. The van der Waals surface area contributed by atoms with E-state index in [0.29, 0.717) is 30.6 Å². The lowest BCUT2D eigenvalue weighted by molar-refractivity contribution is -0.405. The van der Waals surface area contributed by atoms with Gasteiger partial charge in [-0.1, -0.05) is 23.7 Å². The largest absolute Gasteiger partial charge is 0.347 e. The van der Waals surface area contributed by atoms with Crippen LogP contribution in [-0.4, -0.2) is 37.8 Å². The van der Waals surface area contributed by atoms with Crippen molar-refractivity contribution >= 4 is 11.6 Å². The zero-order valence-corrected chi connectivity index (χ0v) is 13.6. The monoisotopic (exact) mass is 345 g/mol. The molecule has 8 heteroatoms. The Morgan fingerprint density at radius 2 is 1.88 bits per heavy atom. The number of nitrogens with zero attached hydrogens (tertiary/aromatic N) is 5. The van der Waals surface area contributed by atoms with Gasteiger partial charge < -0.3 is 9.80 Å². The predicted molar refractivity (Wildman–Crippen MR) is 89.4 cm³/mol. The molecule has 3 heterocycles. The van der Waals surface area contributed by atoms with Crippen molar-refractivity contribution in [3.63, 3.8) is 0 Å². The van der Waals surface area contributed by atoms with Crippen LogP contribution in [0.15, 0.2) is 54.9 Å². The molecule has 1 aliphatic heterocycles. The third kappa shape index (κ3) is 3.99. The van der Waals surface area contributed by atoms with Crippen LogP contribution < -0.4 is 0 Å². The minimum Gasteiger partial charge on any atom is -0.347 e. The molecule has 1 aliphatic rings. The molecule has 124 valence electrons. The quantitative estimate of drug-likeness (QED) is 0.471. The van der Waals surface area contributed by atoms with E-state index in [1.54, 1.807) is 24.7 Å². The zero-order valence-electron chi connectivity index (χ0n) is 12.9. The van der Waals surface area contributed by atoms with Crippen molar-refractivity contribution in [2.45, 2.75) is 13.1 Å². The second kappa shape index (κ2) is 7.27. The average molecular weight is 346 g/mol. The van der Waals surface area contributed by atoms with E-state index in [-0.39, 0.29) is 0 Å². The summed E-state index contributed by atoms with van der Waals surface area (Å²) in [6.45, 7) is 2.56. The molecular weight excluding hydrogens is 330 g/mol. The maximum atomic E-state index is 11.0. The van der Waals surface area contributed by atoms with Gasteiger partial charge in [-0.05, 0) is 23.3 Å². The minimum atomic E-state index is -0.413. The molecular formula is C16H16ClN5O2. The maximum absolute atomic E-state index is 11.0. The molecule has 7 nitrogen and oxygen atoms in total. The lowest BCUT2D eigenvalue weighted by atomic mass is 10.2. The molecule has 3 rings (SSSR count). The fourth-order valence-electron chi connectivity index (χ4n) is 2.68. The van der Waals surface area contributed by atoms with Crippen molar-refractivity contribution in [1.29, 1.82) is 0 Å². The van der Waals surface area contributed by atoms with Crippen LogP contribution in [0.25, 0.3) is 0 Å². The fourth-order valence-corrected chi connectivity index (χ4v) is 2.79. The summed E-state index contributed by atoms with van der Waals surface area (Å²) in [5, 5.41) is 11.5. The lowest BCUT2D eigenvalue weighted by Crippen LogP contribution is -2.24. The molecule has 0 spiro atoms. The van der Waals surface area contributed by atoms with Crippen molar-refractivity contribution < 1.29 is 4.92 Å². The first-order valence-electron chi connectivity index (χ1n) is 7.46. The molecule has 24 heavy (non-hydrogen) atoms. The van der Waals surface area contributed by atoms with Crippen LogP contribution in [0.5, 0.6) is 0 Å². The Morgan fingerprint density at radius 3 is 2.42 bits per heavy atom. The zero-order chi connectivity index (χ0) is 16.9. The Balaban J connectivity index is 1.77.